The van der Waals surface area contributed by atoms with Gasteiger partial charge < -0.3 is 55.6 Å². The molecule has 1 aromatic rings. The van der Waals surface area contributed by atoms with E-state index in [0.717, 1.165) is 66.9 Å². The maximum atomic E-state index is 15.1. The van der Waals surface area contributed by atoms with Crippen LogP contribution >= 0.6 is 11.6 Å². The van der Waals surface area contributed by atoms with Crippen molar-refractivity contribution in [2.24, 2.45) is 23.7 Å². The van der Waals surface area contributed by atoms with Crippen LogP contribution in [0, 0.1) is 23.7 Å². The summed E-state index contributed by atoms with van der Waals surface area (Å²) < 4.78 is 41.3. The Morgan fingerprint density at radius 2 is 1.22 bits per heavy atom. The highest BCUT2D eigenvalue weighted by molar-refractivity contribution is 6.31. The summed E-state index contributed by atoms with van der Waals surface area (Å²) in [6.45, 7) is 7.52. The van der Waals surface area contributed by atoms with Crippen molar-refractivity contribution in [2.75, 3.05) is 68.5 Å². The third-order valence-corrected chi connectivity index (χ3v) is 19.7. The molecule has 3 saturated carbocycles. The predicted octanol–water partition coefficient (Wildman–Crippen LogP) is 5.31. The Labute approximate surface area is 539 Å². The molecule has 0 radical (unpaired) electrons. The lowest BCUT2D eigenvalue weighted by Gasteiger charge is -2.38. The number of alkyl halides is 3. The van der Waals surface area contributed by atoms with Crippen molar-refractivity contribution in [1.82, 2.24) is 55.6 Å². The average molecular weight is 1300 g/mol. The highest BCUT2D eigenvalue weighted by Gasteiger charge is 2.50. The number of likely N-dealkylation sites (N-methyl/N-ethyl adjacent to an activating group) is 6. The third kappa shape index (κ3) is 19.5. The lowest BCUT2D eigenvalue weighted by atomic mass is 9.84. The largest absolute Gasteiger partial charge is 0.417 e. The molecule has 6 rings (SSSR count). The van der Waals surface area contributed by atoms with E-state index in [1.54, 1.807) is 13.8 Å². The quantitative estimate of drug-likeness (QED) is 0.221. The van der Waals surface area contributed by atoms with E-state index in [1.807, 2.05) is 20.8 Å². The van der Waals surface area contributed by atoms with Gasteiger partial charge >= 0.3 is 6.18 Å². The lowest BCUT2D eigenvalue weighted by molar-refractivity contribution is -0.149. The SMILES string of the molecule is CC[C@H](C)[C@@H]1NC(=O)[C@H](CC(C)C)N(C)C(=O)C[C@@H](C)NC(=O)[C@H](CC2CC2)N(C)C(=O)C2(CCCC2)NC(=O)C2CCCN2C(=O)[C@H](CCc2ccc(C(F)(F)F)c(Cl)c2)NC(=O)CN(C)C(=O)[C@H](CC2CCCCC2)N(C)C(=O)CN(C)C(=O)CN(C)C1=O. The van der Waals surface area contributed by atoms with Crippen LogP contribution in [0.2, 0.25) is 5.02 Å². The zero-order valence-electron chi connectivity index (χ0n) is 55.2. The molecule has 508 valence electrons. The van der Waals surface area contributed by atoms with Crippen LogP contribution in [0.4, 0.5) is 13.2 Å². The summed E-state index contributed by atoms with van der Waals surface area (Å²) in [5.41, 5.74) is -2.22. The molecule has 11 amide bonds. The summed E-state index contributed by atoms with van der Waals surface area (Å²) in [6, 6.07) is -4.43. The minimum Gasteiger partial charge on any atom is -0.351 e. The van der Waals surface area contributed by atoms with Gasteiger partial charge in [0.2, 0.25) is 65.0 Å². The van der Waals surface area contributed by atoms with Crippen LogP contribution in [0.3, 0.4) is 0 Å². The molecular formula is C65H99ClF3N11O11. The molecule has 2 aliphatic heterocycles. The number of halogens is 4. The van der Waals surface area contributed by atoms with Crippen LogP contribution in [0.15, 0.2) is 18.2 Å². The monoisotopic (exact) mass is 1300 g/mol. The molecule has 3 aliphatic carbocycles. The number of carbonyl (C=O) groups is 11. The lowest BCUT2D eigenvalue weighted by Crippen LogP contribution is -2.64. The van der Waals surface area contributed by atoms with Gasteiger partial charge in [0.15, 0.2) is 0 Å². The van der Waals surface area contributed by atoms with Crippen LogP contribution in [-0.2, 0) is 65.3 Å². The van der Waals surface area contributed by atoms with Gasteiger partial charge in [-0.2, -0.15) is 13.2 Å². The zero-order valence-corrected chi connectivity index (χ0v) is 55.9. The number of carbonyl (C=O) groups excluding carboxylic acids is 11. The van der Waals surface area contributed by atoms with Gasteiger partial charge in [-0.3, -0.25) is 52.7 Å². The first-order valence-corrected chi connectivity index (χ1v) is 33.1. The van der Waals surface area contributed by atoms with E-state index in [0.29, 0.717) is 37.7 Å². The molecular weight excluding hydrogens is 1200 g/mol. The topological polar surface area (TPSA) is 259 Å². The number of amides is 11. The maximum absolute atomic E-state index is 15.1. The summed E-state index contributed by atoms with van der Waals surface area (Å²) in [4.78, 5) is 168. The van der Waals surface area contributed by atoms with E-state index in [2.05, 4.69) is 21.3 Å². The second-order valence-electron chi connectivity index (χ2n) is 27.1. The molecule has 0 bridgehead atoms. The van der Waals surface area contributed by atoms with Crippen LogP contribution in [0.25, 0.3) is 0 Å². The number of nitrogens with one attached hydrogen (secondary N) is 4. The summed E-state index contributed by atoms with van der Waals surface area (Å²) in [6.07, 6.45) is 4.18. The average Bonchev–Trinajstić information content (AvgIpc) is 1.75. The first-order valence-electron chi connectivity index (χ1n) is 32.7. The van der Waals surface area contributed by atoms with Gasteiger partial charge in [0.05, 0.1) is 30.2 Å². The van der Waals surface area contributed by atoms with Crippen LogP contribution in [0.5, 0.6) is 0 Å². The van der Waals surface area contributed by atoms with E-state index in [1.165, 1.54) is 72.9 Å². The first kappa shape index (κ1) is 73.5. The predicted molar refractivity (Wildman–Crippen MR) is 335 cm³/mol. The number of nitrogens with zero attached hydrogens (tertiary/aromatic N) is 7. The number of aryl methyl sites for hydroxylation is 1. The molecule has 8 atom stereocenters. The summed E-state index contributed by atoms with van der Waals surface area (Å²) in [7, 11) is 8.62. The molecule has 5 aliphatic rings. The minimum absolute atomic E-state index is 0.0360. The normalized spacial score (nSPS) is 26.9. The smallest absolute Gasteiger partial charge is 0.351 e. The summed E-state index contributed by atoms with van der Waals surface area (Å²) in [5, 5.41) is 11.1. The van der Waals surface area contributed by atoms with E-state index in [9.17, 15) is 56.3 Å². The molecule has 1 spiro atoms. The van der Waals surface area contributed by atoms with Crippen molar-refractivity contribution < 1.29 is 65.9 Å². The van der Waals surface area contributed by atoms with Gasteiger partial charge in [-0.1, -0.05) is 110 Å². The second kappa shape index (κ2) is 32.4. The Bertz CT molecular complexity index is 2810. The van der Waals surface area contributed by atoms with Crippen LogP contribution in [-0.4, -0.2) is 216 Å². The third-order valence-electron chi connectivity index (χ3n) is 19.3. The van der Waals surface area contributed by atoms with Gasteiger partial charge in [0.25, 0.3) is 0 Å². The van der Waals surface area contributed by atoms with E-state index < -0.39 is 155 Å². The van der Waals surface area contributed by atoms with Gasteiger partial charge in [-0.25, -0.2) is 0 Å². The van der Waals surface area contributed by atoms with Crippen LogP contribution < -0.4 is 21.3 Å². The molecule has 2 saturated heterocycles. The Kier molecular flexibility index (Phi) is 26.1. The van der Waals surface area contributed by atoms with Crippen molar-refractivity contribution in [3.63, 3.8) is 0 Å². The molecule has 4 N–H and O–H groups in total. The standard InChI is InChI=1S/C65H99ClF3N11O11/c1-12-40(4)56-62(90)76(8)37-54(83)74(6)38-55(84)78(10)51(35-42-19-14-13-15-20-42)61(89)75(7)36-52(81)71-47(27-25-43-24-26-45(46(66)33-43)65(67,68)69)60(88)80-30-18-21-48(80)59(87)73-64(28-16-17-29-64)63(91)79(11)50(34-44-22-23-44)57(85)70-41(5)32-53(82)77(9)49(31-39(2)3)58(86)72-56/h24,26,33,39-42,44,47-51,56H,12-23,25,27-32,34-38H2,1-11H3,(H,70,85)(H,71,81)(H,72,86)(H,73,87)/t40-,41+,47-,48?,49-,50-,51-,56-/m0/s1. The Hall–Kier alpha value is -6.53. The van der Waals surface area contributed by atoms with E-state index in [4.69, 9.17) is 11.6 Å². The molecule has 22 nitrogen and oxygen atoms in total. The first-order chi connectivity index (χ1) is 42.8. The van der Waals surface area contributed by atoms with E-state index >= 15 is 9.59 Å². The fraction of sp³-hybridized carbons (Fsp3) is 0.738. The van der Waals surface area contributed by atoms with Crippen molar-refractivity contribution in [3.8, 4) is 0 Å². The van der Waals surface area contributed by atoms with Gasteiger partial charge in [-0.05, 0) is 106 Å². The summed E-state index contributed by atoms with van der Waals surface area (Å²) >= 11 is 6.12. The Morgan fingerprint density at radius 1 is 0.626 bits per heavy atom. The van der Waals surface area contributed by atoms with E-state index in [-0.39, 0.29) is 75.7 Å². The second-order valence-corrected chi connectivity index (χ2v) is 27.5. The van der Waals surface area contributed by atoms with Crippen LogP contribution in [0.1, 0.15) is 168 Å². The van der Waals surface area contributed by atoms with Crippen molar-refractivity contribution >= 4 is 76.6 Å². The molecule has 26 heteroatoms. The molecule has 0 aromatic heterocycles. The van der Waals surface area contributed by atoms with Gasteiger partial charge in [-0.15, -0.1) is 0 Å². The zero-order chi connectivity index (χ0) is 67.4. The highest BCUT2D eigenvalue weighted by atomic mass is 35.5. The van der Waals surface area contributed by atoms with Gasteiger partial charge in [0, 0.05) is 61.3 Å². The Balaban J connectivity index is 1.35. The van der Waals surface area contributed by atoms with Crippen molar-refractivity contribution in [2.45, 2.75) is 217 Å². The number of benzene rings is 1. The summed E-state index contributed by atoms with van der Waals surface area (Å²) in [5.74, 6) is -7.01. The number of hydrogen-bond donors (Lipinski definition) is 4. The molecule has 1 aromatic carbocycles. The van der Waals surface area contributed by atoms with Gasteiger partial charge in [0.1, 0.15) is 41.8 Å². The number of fused-ring (bicyclic) bond motifs is 1. The fourth-order valence-electron chi connectivity index (χ4n) is 13.3. The fourth-order valence-corrected chi connectivity index (χ4v) is 13.6. The molecule has 2 heterocycles. The Morgan fingerprint density at radius 3 is 1.82 bits per heavy atom. The number of rotatable bonds is 11. The van der Waals surface area contributed by atoms with Crippen molar-refractivity contribution in [3.05, 3.63) is 34.3 Å². The molecule has 1 unspecified atom stereocenters. The number of hydrogen-bond acceptors (Lipinski definition) is 11. The highest BCUT2D eigenvalue weighted by Crippen LogP contribution is 2.39. The maximum Gasteiger partial charge on any atom is 0.417 e. The molecule has 91 heavy (non-hydrogen) atoms. The minimum atomic E-state index is -4.74. The van der Waals surface area contributed by atoms with Crippen molar-refractivity contribution in [1.29, 1.82) is 0 Å². The molecule has 5 fully saturated rings.